The third kappa shape index (κ3) is 8.49. The number of unbranched alkanes of at least 4 members (excludes halogenated alkanes) is 7. The van der Waals surface area contributed by atoms with Crippen molar-refractivity contribution in [2.75, 3.05) is 0 Å². The van der Waals surface area contributed by atoms with Gasteiger partial charge in [0.05, 0.1) is 0 Å². The second-order valence-electron chi connectivity index (χ2n) is 9.61. The van der Waals surface area contributed by atoms with Gasteiger partial charge in [-0.15, -0.1) is 0 Å². The lowest BCUT2D eigenvalue weighted by Crippen LogP contribution is -2.25. The van der Waals surface area contributed by atoms with E-state index < -0.39 is 0 Å². The van der Waals surface area contributed by atoms with E-state index >= 15 is 0 Å². The molecule has 25 heavy (non-hydrogen) atoms. The van der Waals surface area contributed by atoms with Crippen molar-refractivity contribution in [2.24, 2.45) is 23.7 Å². The van der Waals surface area contributed by atoms with Gasteiger partial charge < -0.3 is 0 Å². The zero-order valence-electron chi connectivity index (χ0n) is 17.7. The van der Waals surface area contributed by atoms with Gasteiger partial charge in [0.1, 0.15) is 0 Å². The van der Waals surface area contributed by atoms with Gasteiger partial charge in [-0.25, -0.2) is 0 Å². The van der Waals surface area contributed by atoms with Gasteiger partial charge in [0.15, 0.2) is 0 Å². The van der Waals surface area contributed by atoms with Gasteiger partial charge in [-0.2, -0.15) is 0 Å². The van der Waals surface area contributed by atoms with E-state index in [4.69, 9.17) is 0 Å². The van der Waals surface area contributed by atoms with Gasteiger partial charge in [-0.1, -0.05) is 110 Å². The zero-order valence-corrected chi connectivity index (χ0v) is 17.7. The molecule has 0 heterocycles. The van der Waals surface area contributed by atoms with Crippen LogP contribution in [0, 0.1) is 23.7 Å². The lowest BCUT2D eigenvalue weighted by atomic mass is 9.68. The van der Waals surface area contributed by atoms with E-state index in [9.17, 15) is 0 Å². The predicted octanol–water partition coefficient (Wildman–Crippen LogP) is 8.93. The lowest BCUT2D eigenvalue weighted by molar-refractivity contribution is 0.140. The van der Waals surface area contributed by atoms with Gasteiger partial charge >= 0.3 is 0 Å². The Morgan fingerprint density at radius 2 is 0.880 bits per heavy atom. The first kappa shape index (κ1) is 21.3. The molecule has 2 saturated carbocycles. The summed E-state index contributed by atoms with van der Waals surface area (Å²) in [5.41, 5.74) is 0. The van der Waals surface area contributed by atoms with Crippen molar-refractivity contribution >= 4 is 0 Å². The Kier molecular flexibility index (Phi) is 11.3. The van der Waals surface area contributed by atoms with Crippen LogP contribution in [0.3, 0.4) is 0 Å². The number of rotatable bonds is 12. The predicted molar refractivity (Wildman–Crippen MR) is 113 cm³/mol. The van der Waals surface area contributed by atoms with E-state index in [0.29, 0.717) is 0 Å². The fourth-order valence-electron chi connectivity index (χ4n) is 5.87. The van der Waals surface area contributed by atoms with Gasteiger partial charge in [-0.05, 0) is 49.4 Å². The minimum absolute atomic E-state index is 1.08. The summed E-state index contributed by atoms with van der Waals surface area (Å²) in [6, 6.07) is 0. The van der Waals surface area contributed by atoms with Gasteiger partial charge in [0.25, 0.3) is 0 Å². The van der Waals surface area contributed by atoms with E-state index in [-0.39, 0.29) is 0 Å². The molecule has 0 bridgehead atoms. The van der Waals surface area contributed by atoms with Crippen molar-refractivity contribution in [3.05, 3.63) is 0 Å². The monoisotopic (exact) mass is 348 g/mol. The molecule has 148 valence electrons. The summed E-state index contributed by atoms with van der Waals surface area (Å²) in [6.07, 6.45) is 28.8. The number of hydrogen-bond donors (Lipinski definition) is 0. The Bertz CT molecular complexity index is 291. The van der Waals surface area contributed by atoms with E-state index in [1.165, 1.54) is 64.2 Å². The molecule has 0 atom stereocenters. The van der Waals surface area contributed by atoms with Crippen molar-refractivity contribution in [2.45, 2.75) is 136 Å². The van der Waals surface area contributed by atoms with Crippen LogP contribution in [-0.4, -0.2) is 0 Å². The molecule has 2 aliphatic rings. The van der Waals surface area contributed by atoms with Crippen LogP contribution in [0.5, 0.6) is 0 Å². The fraction of sp³-hybridized carbons (Fsp3) is 1.00. The topological polar surface area (TPSA) is 0 Å². The van der Waals surface area contributed by atoms with Crippen molar-refractivity contribution < 1.29 is 0 Å². The molecule has 0 aromatic rings. The average molecular weight is 349 g/mol. The van der Waals surface area contributed by atoms with Crippen LogP contribution in [0.2, 0.25) is 0 Å². The van der Waals surface area contributed by atoms with E-state index in [2.05, 4.69) is 13.8 Å². The molecule has 2 fully saturated rings. The quantitative estimate of drug-likeness (QED) is 0.309. The standard InChI is InChI=1S/C25H48/c1-3-5-6-7-8-9-10-11-13-23-16-20-25(21-17-23)24-18-14-22(12-4-2)15-19-24/h22-25H,3-21H2,1-2H3/t22-,23?,24-,25?. The maximum absolute atomic E-state index is 2.36. The normalized spacial score (nSPS) is 30.5. The van der Waals surface area contributed by atoms with Crippen molar-refractivity contribution in [3.63, 3.8) is 0 Å². The molecule has 0 N–H and O–H groups in total. The van der Waals surface area contributed by atoms with Crippen LogP contribution in [0.4, 0.5) is 0 Å². The molecule has 0 saturated heterocycles. The molecule has 0 amide bonds. The van der Waals surface area contributed by atoms with Crippen LogP contribution in [0.15, 0.2) is 0 Å². The Balaban J connectivity index is 1.46. The summed E-state index contributed by atoms with van der Waals surface area (Å²) in [5, 5.41) is 0. The minimum Gasteiger partial charge on any atom is -0.0654 e. The van der Waals surface area contributed by atoms with Gasteiger partial charge in [0, 0.05) is 0 Å². The highest BCUT2D eigenvalue weighted by Crippen LogP contribution is 2.43. The van der Waals surface area contributed by atoms with Crippen LogP contribution < -0.4 is 0 Å². The molecule has 0 spiro atoms. The molecule has 0 aromatic carbocycles. The summed E-state index contributed by atoms with van der Waals surface area (Å²) in [5.74, 6) is 4.39. The van der Waals surface area contributed by atoms with E-state index in [0.717, 1.165) is 23.7 Å². The summed E-state index contributed by atoms with van der Waals surface area (Å²) < 4.78 is 0. The smallest absolute Gasteiger partial charge is 0.0386 e. The number of hydrogen-bond acceptors (Lipinski definition) is 0. The van der Waals surface area contributed by atoms with Crippen molar-refractivity contribution in [1.82, 2.24) is 0 Å². The molecular weight excluding hydrogens is 300 g/mol. The summed E-state index contributed by atoms with van der Waals surface area (Å²) in [7, 11) is 0. The second-order valence-corrected chi connectivity index (χ2v) is 9.61. The Morgan fingerprint density at radius 1 is 0.440 bits per heavy atom. The molecule has 0 heteroatoms. The van der Waals surface area contributed by atoms with Crippen molar-refractivity contribution in [3.8, 4) is 0 Å². The molecule has 0 aliphatic heterocycles. The first-order valence-electron chi connectivity index (χ1n) is 12.3. The molecule has 2 aliphatic carbocycles. The van der Waals surface area contributed by atoms with Crippen LogP contribution in [0.25, 0.3) is 0 Å². The van der Waals surface area contributed by atoms with Crippen LogP contribution in [0.1, 0.15) is 136 Å². The van der Waals surface area contributed by atoms with E-state index in [1.54, 1.807) is 57.8 Å². The van der Waals surface area contributed by atoms with Crippen LogP contribution >= 0.6 is 0 Å². The lowest BCUT2D eigenvalue weighted by Gasteiger charge is -2.38. The van der Waals surface area contributed by atoms with Crippen molar-refractivity contribution in [1.29, 1.82) is 0 Å². The summed E-state index contributed by atoms with van der Waals surface area (Å²) >= 11 is 0. The molecule has 0 radical (unpaired) electrons. The minimum atomic E-state index is 1.08. The zero-order chi connectivity index (χ0) is 17.7. The highest BCUT2D eigenvalue weighted by Gasteiger charge is 2.30. The molecule has 0 unspecified atom stereocenters. The Hall–Kier alpha value is 0. The maximum Gasteiger partial charge on any atom is -0.0386 e. The average Bonchev–Trinajstić information content (AvgIpc) is 2.65. The van der Waals surface area contributed by atoms with Gasteiger partial charge in [-0.3, -0.25) is 0 Å². The third-order valence-electron chi connectivity index (χ3n) is 7.61. The van der Waals surface area contributed by atoms with Crippen LogP contribution in [-0.2, 0) is 0 Å². The largest absolute Gasteiger partial charge is 0.0654 e. The molecule has 2 rings (SSSR count). The Labute approximate surface area is 159 Å². The first-order valence-corrected chi connectivity index (χ1v) is 12.3. The highest BCUT2D eigenvalue weighted by molar-refractivity contribution is 4.82. The molecule has 0 aromatic heterocycles. The first-order chi connectivity index (χ1) is 12.3. The Morgan fingerprint density at radius 3 is 1.36 bits per heavy atom. The highest BCUT2D eigenvalue weighted by atomic mass is 14.4. The SMILES string of the molecule is CCCCCCCCCCC1CCC([C@H]2CC[C@H](CCC)CC2)CC1. The summed E-state index contributed by atoms with van der Waals surface area (Å²) in [6.45, 7) is 4.67. The molecular formula is C25H48. The second kappa shape index (κ2) is 13.2. The molecule has 0 nitrogen and oxygen atoms in total. The van der Waals surface area contributed by atoms with E-state index in [1.807, 2.05) is 0 Å². The summed E-state index contributed by atoms with van der Waals surface area (Å²) in [4.78, 5) is 0. The van der Waals surface area contributed by atoms with Gasteiger partial charge in [0.2, 0.25) is 0 Å². The maximum atomic E-state index is 2.36. The third-order valence-corrected chi connectivity index (χ3v) is 7.61. The fourth-order valence-corrected chi connectivity index (χ4v) is 5.87.